The summed E-state index contributed by atoms with van der Waals surface area (Å²) in [5.74, 6) is -0.222. The van der Waals surface area contributed by atoms with Crippen molar-refractivity contribution < 1.29 is 18.7 Å². The number of nitrogens with zero attached hydrogens (tertiary/aromatic N) is 2. The van der Waals surface area contributed by atoms with Gasteiger partial charge in [-0.05, 0) is 61.0 Å². The zero-order valence-corrected chi connectivity index (χ0v) is 19.9. The van der Waals surface area contributed by atoms with E-state index in [-0.39, 0.29) is 29.3 Å². The largest absolute Gasteiger partial charge is 0.467 e. The molecule has 0 bridgehead atoms. The fraction of sp³-hybridized carbons (Fsp3) is 0.167. The van der Waals surface area contributed by atoms with Gasteiger partial charge in [0, 0.05) is 10.7 Å². The number of carbonyl (C=O) groups excluding carboxylic acids is 2. The first kappa shape index (κ1) is 23.6. The molecule has 0 fully saturated rings. The van der Waals surface area contributed by atoms with E-state index in [0.717, 1.165) is 17.3 Å². The summed E-state index contributed by atoms with van der Waals surface area (Å²) in [5.41, 5.74) is 1.78. The van der Waals surface area contributed by atoms with Crippen LogP contribution in [0.15, 0.2) is 69.2 Å². The Labute approximate surface area is 203 Å². The van der Waals surface area contributed by atoms with Crippen LogP contribution in [-0.4, -0.2) is 34.3 Å². The molecule has 8 nitrogen and oxygen atoms in total. The Morgan fingerprint density at radius 2 is 2.03 bits per heavy atom. The number of thioether (sulfide) groups is 1. The number of esters is 1. The van der Waals surface area contributed by atoms with Crippen LogP contribution in [0.25, 0.3) is 10.9 Å². The number of halogens is 1. The smallest absolute Gasteiger partial charge is 0.337 e. The molecular weight excluding hydrogens is 478 g/mol. The monoisotopic (exact) mass is 497 g/mol. The number of carbonyl (C=O) groups is 2. The van der Waals surface area contributed by atoms with Crippen LogP contribution in [0.2, 0.25) is 5.02 Å². The van der Waals surface area contributed by atoms with Crippen molar-refractivity contribution in [3.63, 3.8) is 0 Å². The number of benzene rings is 2. The van der Waals surface area contributed by atoms with E-state index in [1.165, 1.54) is 30.1 Å². The standard InChI is InChI=1S/C24H20ClN3O5S/c1-14-10-16(25)6-8-19(14)26-21(29)13-34-24-27-20-11-15(23(31)32-2)5-7-18(20)22(30)28(24)12-17-4-3-9-33-17/h3-11H,12-13H2,1-2H3,(H,26,29). The highest BCUT2D eigenvalue weighted by molar-refractivity contribution is 7.99. The quantitative estimate of drug-likeness (QED) is 0.227. The average Bonchev–Trinajstić information content (AvgIpc) is 3.34. The minimum Gasteiger partial charge on any atom is -0.467 e. The van der Waals surface area contributed by atoms with Gasteiger partial charge in [0.25, 0.3) is 5.56 Å². The summed E-state index contributed by atoms with van der Waals surface area (Å²) in [6.07, 6.45) is 1.52. The molecule has 4 rings (SSSR count). The lowest BCUT2D eigenvalue weighted by Crippen LogP contribution is -2.25. The molecule has 0 atom stereocenters. The zero-order chi connectivity index (χ0) is 24.2. The minimum absolute atomic E-state index is 0.00879. The molecule has 0 saturated heterocycles. The van der Waals surface area contributed by atoms with Crippen LogP contribution >= 0.6 is 23.4 Å². The first-order valence-electron chi connectivity index (χ1n) is 10.2. The molecule has 2 aromatic heterocycles. The molecule has 2 heterocycles. The van der Waals surface area contributed by atoms with Gasteiger partial charge in [0.15, 0.2) is 5.16 Å². The Morgan fingerprint density at radius 3 is 2.74 bits per heavy atom. The number of aryl methyl sites for hydroxylation is 1. The molecule has 0 aliphatic carbocycles. The number of nitrogens with one attached hydrogen (secondary N) is 1. The maximum atomic E-state index is 13.3. The highest BCUT2D eigenvalue weighted by Crippen LogP contribution is 2.23. The molecule has 2 aromatic carbocycles. The second-order valence-corrected chi connectivity index (χ2v) is 8.76. The molecule has 0 aliphatic rings. The van der Waals surface area contributed by atoms with Crippen molar-refractivity contribution in [1.29, 1.82) is 0 Å². The van der Waals surface area contributed by atoms with Crippen molar-refractivity contribution in [3.05, 3.63) is 87.1 Å². The lowest BCUT2D eigenvalue weighted by molar-refractivity contribution is -0.113. The summed E-state index contributed by atoms with van der Waals surface area (Å²) in [6.45, 7) is 1.99. The van der Waals surface area contributed by atoms with Gasteiger partial charge < -0.3 is 14.5 Å². The van der Waals surface area contributed by atoms with Gasteiger partial charge in [-0.15, -0.1) is 0 Å². The molecule has 0 saturated carbocycles. The first-order valence-corrected chi connectivity index (χ1v) is 11.6. The number of hydrogen-bond donors (Lipinski definition) is 1. The van der Waals surface area contributed by atoms with Crippen molar-refractivity contribution >= 4 is 51.8 Å². The Balaban J connectivity index is 1.65. The van der Waals surface area contributed by atoms with Gasteiger partial charge in [-0.3, -0.25) is 14.2 Å². The molecule has 0 unspecified atom stereocenters. The van der Waals surface area contributed by atoms with Crippen LogP contribution in [0.3, 0.4) is 0 Å². The molecule has 0 spiro atoms. The SMILES string of the molecule is COC(=O)c1ccc2c(=O)n(Cc3ccco3)c(SCC(=O)Nc3ccc(Cl)cc3C)nc2c1. The highest BCUT2D eigenvalue weighted by atomic mass is 35.5. The summed E-state index contributed by atoms with van der Waals surface area (Å²) in [6, 6.07) is 13.2. The predicted molar refractivity (Wildman–Crippen MR) is 131 cm³/mol. The van der Waals surface area contributed by atoms with Gasteiger partial charge >= 0.3 is 5.97 Å². The molecule has 1 amide bonds. The Hall–Kier alpha value is -3.56. The number of rotatable bonds is 7. The van der Waals surface area contributed by atoms with E-state index in [1.54, 1.807) is 36.4 Å². The van der Waals surface area contributed by atoms with Crippen LogP contribution in [0.4, 0.5) is 5.69 Å². The molecule has 0 aliphatic heterocycles. The molecule has 4 aromatic rings. The van der Waals surface area contributed by atoms with E-state index in [2.05, 4.69) is 10.3 Å². The van der Waals surface area contributed by atoms with Gasteiger partial charge in [-0.1, -0.05) is 23.4 Å². The van der Waals surface area contributed by atoms with Crippen LogP contribution in [-0.2, 0) is 16.1 Å². The van der Waals surface area contributed by atoms with Crippen molar-refractivity contribution in [1.82, 2.24) is 9.55 Å². The number of furan rings is 1. The van der Waals surface area contributed by atoms with Crippen LogP contribution in [0, 0.1) is 6.92 Å². The predicted octanol–water partition coefficient (Wildman–Crippen LogP) is 4.52. The summed E-state index contributed by atoms with van der Waals surface area (Å²) >= 11 is 7.09. The minimum atomic E-state index is -0.532. The molecule has 1 N–H and O–H groups in total. The number of anilines is 1. The van der Waals surface area contributed by atoms with Crippen LogP contribution in [0.5, 0.6) is 0 Å². The third-order valence-electron chi connectivity index (χ3n) is 5.03. The van der Waals surface area contributed by atoms with Crippen molar-refractivity contribution in [2.24, 2.45) is 0 Å². The third-order valence-corrected chi connectivity index (χ3v) is 6.24. The normalized spacial score (nSPS) is 10.9. The molecule has 174 valence electrons. The number of fused-ring (bicyclic) bond motifs is 1. The molecule has 0 radical (unpaired) electrons. The van der Waals surface area contributed by atoms with E-state index in [1.807, 2.05) is 6.92 Å². The van der Waals surface area contributed by atoms with E-state index in [9.17, 15) is 14.4 Å². The fourth-order valence-corrected chi connectivity index (χ4v) is 4.36. The van der Waals surface area contributed by atoms with Gasteiger partial charge in [-0.2, -0.15) is 0 Å². The van der Waals surface area contributed by atoms with E-state index in [0.29, 0.717) is 32.5 Å². The third kappa shape index (κ3) is 5.16. The van der Waals surface area contributed by atoms with Gasteiger partial charge in [0.2, 0.25) is 5.91 Å². The highest BCUT2D eigenvalue weighted by Gasteiger charge is 2.17. The lowest BCUT2D eigenvalue weighted by atomic mass is 10.1. The van der Waals surface area contributed by atoms with Gasteiger partial charge in [-0.25, -0.2) is 9.78 Å². The zero-order valence-electron chi connectivity index (χ0n) is 18.3. The first-order chi connectivity index (χ1) is 16.4. The van der Waals surface area contributed by atoms with E-state index in [4.69, 9.17) is 20.8 Å². The number of methoxy groups -OCH3 is 1. The van der Waals surface area contributed by atoms with Crippen LogP contribution < -0.4 is 10.9 Å². The second-order valence-electron chi connectivity index (χ2n) is 7.38. The summed E-state index contributed by atoms with van der Waals surface area (Å²) in [4.78, 5) is 42.4. The van der Waals surface area contributed by atoms with Gasteiger partial charge in [0.05, 0.1) is 42.1 Å². The lowest BCUT2D eigenvalue weighted by Gasteiger charge is -2.13. The number of amides is 1. The Kier molecular flexibility index (Phi) is 7.04. The number of ether oxygens (including phenoxy) is 1. The molecule has 34 heavy (non-hydrogen) atoms. The summed E-state index contributed by atoms with van der Waals surface area (Å²) in [5, 5.41) is 4.08. The second kappa shape index (κ2) is 10.1. The van der Waals surface area contributed by atoms with Crippen molar-refractivity contribution in [2.75, 3.05) is 18.2 Å². The maximum absolute atomic E-state index is 13.3. The summed E-state index contributed by atoms with van der Waals surface area (Å²) in [7, 11) is 1.28. The van der Waals surface area contributed by atoms with Gasteiger partial charge in [0.1, 0.15) is 5.76 Å². The topological polar surface area (TPSA) is 103 Å². The maximum Gasteiger partial charge on any atom is 0.337 e. The fourth-order valence-electron chi connectivity index (χ4n) is 3.34. The average molecular weight is 498 g/mol. The van der Waals surface area contributed by atoms with Crippen LogP contribution in [0.1, 0.15) is 21.7 Å². The Morgan fingerprint density at radius 1 is 1.21 bits per heavy atom. The number of hydrogen-bond acceptors (Lipinski definition) is 7. The molecule has 10 heteroatoms. The number of aromatic nitrogens is 2. The summed E-state index contributed by atoms with van der Waals surface area (Å²) < 4.78 is 11.6. The van der Waals surface area contributed by atoms with E-state index >= 15 is 0 Å². The Bertz CT molecular complexity index is 1430. The van der Waals surface area contributed by atoms with Crippen molar-refractivity contribution in [3.8, 4) is 0 Å². The van der Waals surface area contributed by atoms with E-state index < -0.39 is 5.97 Å². The molecular formula is C24H20ClN3O5S. The van der Waals surface area contributed by atoms with Crippen molar-refractivity contribution in [2.45, 2.75) is 18.6 Å².